The van der Waals surface area contributed by atoms with Gasteiger partial charge in [-0.05, 0) is 106 Å². The predicted octanol–water partition coefficient (Wildman–Crippen LogP) is 7.03. The molecule has 0 fully saturated rings. The van der Waals surface area contributed by atoms with Crippen LogP contribution in [0.5, 0.6) is 0 Å². The molecular formula is C35H40N2O5. The first-order chi connectivity index (χ1) is 20.0. The van der Waals surface area contributed by atoms with E-state index in [0.717, 1.165) is 46.4 Å². The number of hydrogen-bond donors (Lipinski definition) is 1. The molecule has 2 aromatic rings. The van der Waals surface area contributed by atoms with E-state index >= 15 is 0 Å². The Morgan fingerprint density at radius 3 is 2.71 bits per heavy atom. The van der Waals surface area contributed by atoms with Crippen molar-refractivity contribution in [2.24, 2.45) is 0 Å². The van der Waals surface area contributed by atoms with Gasteiger partial charge in [0.2, 0.25) is 5.91 Å². The Hall–Kier alpha value is -4.15. The van der Waals surface area contributed by atoms with Crippen LogP contribution < -0.4 is 4.90 Å². The lowest BCUT2D eigenvalue weighted by atomic mass is 9.84. The number of carboxylic acids is 1. The summed E-state index contributed by atoms with van der Waals surface area (Å²) in [4.78, 5) is 27.7. The fourth-order valence-electron chi connectivity index (χ4n) is 5.70. The summed E-state index contributed by atoms with van der Waals surface area (Å²) < 4.78 is 12.0. The van der Waals surface area contributed by atoms with E-state index in [1.807, 2.05) is 58.0 Å². The number of benzene rings is 2. The number of amides is 1. The molecule has 1 unspecified atom stereocenters. The van der Waals surface area contributed by atoms with Crippen molar-refractivity contribution >= 4 is 17.6 Å². The van der Waals surface area contributed by atoms with Gasteiger partial charge in [0, 0.05) is 17.7 Å². The molecule has 0 radical (unpaired) electrons. The minimum Gasteiger partial charge on any atom is -0.493 e. The lowest BCUT2D eigenvalue weighted by Gasteiger charge is -2.35. The summed E-state index contributed by atoms with van der Waals surface area (Å²) in [5, 5.41) is 20.1. The highest BCUT2D eigenvalue weighted by Crippen LogP contribution is 2.41. The Bertz CT molecular complexity index is 1470. The summed E-state index contributed by atoms with van der Waals surface area (Å²) in [6.45, 7) is 12.3. The van der Waals surface area contributed by atoms with Crippen molar-refractivity contribution < 1.29 is 24.2 Å². The maximum absolute atomic E-state index is 13.3. The lowest BCUT2D eigenvalue weighted by Crippen LogP contribution is -2.37. The summed E-state index contributed by atoms with van der Waals surface area (Å²) in [6, 6.07) is 11.4. The Morgan fingerprint density at radius 2 is 2.02 bits per heavy atom. The topological polar surface area (TPSA) is 99.9 Å². The molecule has 220 valence electrons. The van der Waals surface area contributed by atoms with Crippen LogP contribution in [0.4, 0.5) is 5.69 Å². The van der Waals surface area contributed by atoms with Crippen LogP contribution in [0.3, 0.4) is 0 Å². The van der Waals surface area contributed by atoms with E-state index in [4.69, 9.17) is 9.47 Å². The maximum atomic E-state index is 13.3. The second kappa shape index (κ2) is 13.2. The van der Waals surface area contributed by atoms with E-state index in [2.05, 4.69) is 18.7 Å². The normalized spacial score (nSPS) is 16.2. The van der Waals surface area contributed by atoms with Gasteiger partial charge in [-0.15, -0.1) is 0 Å². The molecule has 7 heteroatoms. The molecule has 0 bridgehead atoms. The standard InChI is InChI=1S/C35H40N2O5/c1-6-24-14-11-19-41-30(24)16-10-9-15-27-23(2)20-29-28(32(27)33(34(39)40)42-35(3,4)5)17-18-31(38)37(29)22-26-13-8-7-12-25(26)21-36/h6-8,10,12-13,16,20,33H,1,9,11,14-15,17-19,22H2,2-5H3,(H,39,40)/b16-10-. The van der Waals surface area contributed by atoms with Crippen molar-refractivity contribution in [3.05, 3.63) is 99.9 Å². The minimum atomic E-state index is -1.20. The summed E-state index contributed by atoms with van der Waals surface area (Å²) in [5.74, 6) is -0.284. The molecule has 0 saturated carbocycles. The third-order valence-electron chi connectivity index (χ3n) is 7.63. The van der Waals surface area contributed by atoms with Crippen LogP contribution in [0.15, 0.2) is 66.5 Å². The SMILES string of the molecule is C=CC1=C(/C=C\CCc2c(C)cc3c(c2C(OC(C)(C)C)C(=O)O)CCC(=O)N3Cc2ccccc2C#N)OCCC1. The molecule has 0 aromatic heterocycles. The van der Waals surface area contributed by atoms with Crippen LogP contribution >= 0.6 is 0 Å². The van der Waals surface area contributed by atoms with E-state index in [9.17, 15) is 20.0 Å². The molecule has 1 N–H and O–H groups in total. The number of fused-ring (bicyclic) bond motifs is 1. The van der Waals surface area contributed by atoms with Gasteiger partial charge in [0.05, 0.1) is 30.4 Å². The largest absolute Gasteiger partial charge is 0.493 e. The molecule has 0 spiro atoms. The first-order valence-corrected chi connectivity index (χ1v) is 14.5. The fraction of sp³-hybridized carbons (Fsp3) is 0.400. The zero-order valence-electron chi connectivity index (χ0n) is 25.0. The number of hydrogen-bond acceptors (Lipinski definition) is 5. The summed E-state index contributed by atoms with van der Waals surface area (Å²) >= 11 is 0. The number of aliphatic carboxylic acids is 1. The lowest BCUT2D eigenvalue weighted by molar-refractivity contribution is -0.160. The molecular weight excluding hydrogens is 528 g/mol. The molecule has 2 aliphatic heterocycles. The predicted molar refractivity (Wildman–Crippen MR) is 163 cm³/mol. The number of nitriles is 1. The summed E-state index contributed by atoms with van der Waals surface area (Å²) in [7, 11) is 0. The van der Waals surface area contributed by atoms with Crippen molar-refractivity contribution in [3.63, 3.8) is 0 Å². The van der Waals surface area contributed by atoms with Crippen molar-refractivity contribution in [2.45, 2.75) is 84.5 Å². The van der Waals surface area contributed by atoms with Gasteiger partial charge in [-0.2, -0.15) is 5.26 Å². The molecule has 2 heterocycles. The smallest absolute Gasteiger partial charge is 0.337 e. The van der Waals surface area contributed by atoms with Gasteiger partial charge < -0.3 is 19.5 Å². The van der Waals surface area contributed by atoms with Gasteiger partial charge in [-0.25, -0.2) is 4.79 Å². The highest BCUT2D eigenvalue weighted by Gasteiger charge is 2.36. The molecule has 1 atom stereocenters. The molecule has 0 aliphatic carbocycles. The van der Waals surface area contributed by atoms with Crippen LogP contribution in [0.25, 0.3) is 0 Å². The van der Waals surface area contributed by atoms with E-state index in [-0.39, 0.29) is 18.9 Å². The van der Waals surface area contributed by atoms with Crippen LogP contribution in [-0.2, 0) is 38.4 Å². The quantitative estimate of drug-likeness (QED) is 0.330. The highest BCUT2D eigenvalue weighted by molar-refractivity contribution is 5.97. The fourth-order valence-corrected chi connectivity index (χ4v) is 5.70. The number of carbonyl (C=O) groups excluding carboxylic acids is 1. The van der Waals surface area contributed by atoms with Crippen molar-refractivity contribution in [1.82, 2.24) is 0 Å². The summed E-state index contributed by atoms with van der Waals surface area (Å²) in [6.07, 6.45) is 8.54. The molecule has 7 nitrogen and oxygen atoms in total. The highest BCUT2D eigenvalue weighted by atomic mass is 16.5. The zero-order valence-corrected chi connectivity index (χ0v) is 25.0. The number of carboxylic acid groups (broad SMARTS) is 1. The molecule has 2 aliphatic rings. The first kappa shape index (κ1) is 30.8. The van der Waals surface area contributed by atoms with E-state index in [1.165, 1.54) is 0 Å². The van der Waals surface area contributed by atoms with Gasteiger partial charge in [-0.3, -0.25) is 4.79 Å². The Morgan fingerprint density at radius 1 is 1.26 bits per heavy atom. The number of ether oxygens (including phenoxy) is 2. The Balaban J connectivity index is 1.78. The minimum absolute atomic E-state index is 0.0568. The van der Waals surface area contributed by atoms with Crippen LogP contribution in [-0.4, -0.2) is 29.2 Å². The molecule has 42 heavy (non-hydrogen) atoms. The average Bonchev–Trinajstić information content (AvgIpc) is 2.95. The number of carbonyl (C=O) groups is 2. The molecule has 4 rings (SSSR count). The number of rotatable bonds is 10. The number of anilines is 1. The van der Waals surface area contributed by atoms with Crippen molar-refractivity contribution in [1.29, 1.82) is 5.26 Å². The van der Waals surface area contributed by atoms with E-state index < -0.39 is 17.7 Å². The molecule has 2 aromatic carbocycles. The third-order valence-corrected chi connectivity index (χ3v) is 7.63. The average molecular weight is 569 g/mol. The third kappa shape index (κ3) is 7.00. The maximum Gasteiger partial charge on any atom is 0.337 e. The van der Waals surface area contributed by atoms with Gasteiger partial charge >= 0.3 is 5.97 Å². The molecule has 1 amide bonds. The summed E-state index contributed by atoms with van der Waals surface area (Å²) in [5.41, 5.74) is 5.59. The van der Waals surface area contributed by atoms with Crippen LogP contribution in [0.2, 0.25) is 0 Å². The Labute approximate surface area is 248 Å². The van der Waals surface area contributed by atoms with Gasteiger partial charge in [0.25, 0.3) is 0 Å². The van der Waals surface area contributed by atoms with Crippen LogP contribution in [0.1, 0.15) is 85.9 Å². The van der Waals surface area contributed by atoms with Gasteiger partial charge in [-0.1, -0.05) is 36.9 Å². The van der Waals surface area contributed by atoms with E-state index in [1.54, 1.807) is 17.0 Å². The van der Waals surface area contributed by atoms with Crippen molar-refractivity contribution in [2.75, 3.05) is 11.5 Å². The zero-order chi connectivity index (χ0) is 30.4. The van der Waals surface area contributed by atoms with Gasteiger partial charge in [0.1, 0.15) is 5.76 Å². The second-order valence-corrected chi connectivity index (χ2v) is 11.8. The number of allylic oxidation sites excluding steroid dienone is 4. The molecule has 0 saturated heterocycles. The van der Waals surface area contributed by atoms with Gasteiger partial charge in [0.15, 0.2) is 6.10 Å². The van der Waals surface area contributed by atoms with E-state index in [0.29, 0.717) is 42.7 Å². The second-order valence-electron chi connectivity index (χ2n) is 11.8. The van der Waals surface area contributed by atoms with Crippen molar-refractivity contribution in [3.8, 4) is 6.07 Å². The first-order valence-electron chi connectivity index (χ1n) is 14.5. The monoisotopic (exact) mass is 568 g/mol. The number of nitrogens with zero attached hydrogens (tertiary/aromatic N) is 2. The Kier molecular flexibility index (Phi) is 9.70. The number of aryl methyl sites for hydroxylation is 1. The van der Waals surface area contributed by atoms with Crippen LogP contribution in [0, 0.1) is 18.3 Å².